The molecule has 3 fully saturated rings. The van der Waals surface area contributed by atoms with E-state index in [1.807, 2.05) is 68.5 Å². The van der Waals surface area contributed by atoms with Crippen LogP contribution in [-0.2, 0) is 30.8 Å². The molecule has 0 bridgehead atoms. The zero-order valence-corrected chi connectivity index (χ0v) is 31.4. The predicted octanol–water partition coefficient (Wildman–Crippen LogP) is 4.79. The summed E-state index contributed by atoms with van der Waals surface area (Å²) in [5.74, 6) is -0.578. The van der Waals surface area contributed by atoms with Gasteiger partial charge in [-0.3, -0.25) is 19.1 Å². The van der Waals surface area contributed by atoms with Gasteiger partial charge >= 0.3 is 0 Å². The van der Waals surface area contributed by atoms with Crippen LogP contribution < -0.4 is 20.1 Å². The topological polar surface area (TPSA) is 160 Å². The Bertz CT molecular complexity index is 2130. The molecule has 12 nitrogen and oxygen atoms in total. The van der Waals surface area contributed by atoms with Gasteiger partial charge in [0.1, 0.15) is 34.8 Å². The average Bonchev–Trinajstić information content (AvgIpc) is 4.02. The highest BCUT2D eigenvalue weighted by molar-refractivity contribution is 7.91. The van der Waals surface area contributed by atoms with Crippen LogP contribution in [0.4, 0.5) is 5.82 Å². The highest BCUT2D eigenvalue weighted by Crippen LogP contribution is 2.49. The van der Waals surface area contributed by atoms with Gasteiger partial charge in [0.25, 0.3) is 5.91 Å². The molecule has 5 aliphatic rings. The molecule has 8 rings (SSSR count). The molecule has 1 spiro atoms. The molecular weight excluding hydrogens is 693 g/mol. The molecular formula is C40H48N6O6S. The summed E-state index contributed by atoms with van der Waals surface area (Å²) in [5, 5.41) is 7.42. The van der Waals surface area contributed by atoms with Crippen molar-refractivity contribution in [3.05, 3.63) is 71.6 Å². The molecule has 5 atom stereocenters. The third-order valence-corrected chi connectivity index (χ3v) is 14.3. The minimum Gasteiger partial charge on any atom is -0.483 e. The van der Waals surface area contributed by atoms with Crippen molar-refractivity contribution < 1.29 is 27.5 Å². The molecule has 2 aliphatic carbocycles. The number of nitrogens with zero attached hydrogens (tertiary/aromatic N) is 3. The number of aromatic nitrogens is 2. The molecule has 3 aliphatic heterocycles. The Morgan fingerprint density at radius 2 is 1.81 bits per heavy atom. The van der Waals surface area contributed by atoms with E-state index in [1.54, 1.807) is 11.8 Å². The lowest BCUT2D eigenvalue weighted by atomic mass is 9.87. The second-order valence-corrected chi connectivity index (χ2v) is 18.3. The molecule has 2 aromatic heterocycles. The van der Waals surface area contributed by atoms with Crippen LogP contribution in [0.1, 0.15) is 88.1 Å². The van der Waals surface area contributed by atoms with Gasteiger partial charge in [-0.05, 0) is 90.3 Å². The van der Waals surface area contributed by atoms with Crippen molar-refractivity contribution in [2.24, 2.45) is 5.92 Å². The number of hydrogen-bond acceptors (Lipinski definition) is 9. The van der Waals surface area contributed by atoms with E-state index in [2.05, 4.69) is 20.3 Å². The van der Waals surface area contributed by atoms with Crippen molar-refractivity contribution in [3.63, 3.8) is 0 Å². The Kier molecular flexibility index (Phi) is 8.78. The van der Waals surface area contributed by atoms with Gasteiger partial charge in [0.15, 0.2) is 0 Å². The Labute approximate surface area is 310 Å². The molecule has 3 N–H and O–H groups in total. The van der Waals surface area contributed by atoms with Crippen molar-refractivity contribution in [2.75, 3.05) is 11.9 Å². The van der Waals surface area contributed by atoms with E-state index in [1.165, 1.54) is 0 Å². The maximum atomic E-state index is 14.8. The Morgan fingerprint density at radius 1 is 1.00 bits per heavy atom. The summed E-state index contributed by atoms with van der Waals surface area (Å²) >= 11 is 0. The molecule has 0 radical (unpaired) electrons. The Morgan fingerprint density at radius 3 is 2.60 bits per heavy atom. The van der Waals surface area contributed by atoms with Crippen LogP contribution in [0.5, 0.6) is 5.75 Å². The number of nitrogens with one attached hydrogen (secondary N) is 3. The number of rotatable bonds is 5. The highest BCUT2D eigenvalue weighted by atomic mass is 32.2. The van der Waals surface area contributed by atoms with Crippen molar-refractivity contribution >= 4 is 44.5 Å². The number of aryl methyl sites for hydroxylation is 3. The van der Waals surface area contributed by atoms with Crippen LogP contribution in [0, 0.1) is 19.8 Å². The number of allylic oxidation sites excluding steroid dienone is 1. The van der Waals surface area contributed by atoms with Crippen molar-refractivity contribution in [3.8, 4) is 5.75 Å². The molecule has 3 aromatic rings. The van der Waals surface area contributed by atoms with Crippen LogP contribution in [0.15, 0.2) is 54.6 Å². The lowest BCUT2D eigenvalue weighted by Crippen LogP contribution is -2.58. The van der Waals surface area contributed by atoms with Gasteiger partial charge in [-0.2, -0.15) is 0 Å². The number of pyridine rings is 2. The van der Waals surface area contributed by atoms with Gasteiger partial charge in [0.2, 0.25) is 21.8 Å². The fraction of sp³-hybridized carbons (Fsp3) is 0.525. The summed E-state index contributed by atoms with van der Waals surface area (Å²) in [6, 6.07) is 12.0. The summed E-state index contributed by atoms with van der Waals surface area (Å²) in [7, 11) is -3.95. The molecule has 1 aromatic carbocycles. The van der Waals surface area contributed by atoms with E-state index >= 15 is 0 Å². The zero-order chi connectivity index (χ0) is 37.2. The standard InChI is InChI=1S/C40H48N6O6S/c1-25-12-11-17-33(41-25)43-31-16-8-6-4-5-7-13-27-22-40(27,37(49)45-53(50,51)38(3)20-21-38)44-35(47)32-23-39(24-46(32)36(31)48)19-18-29-28-14-9-10-15-30(28)42-26(2)34(29)52-39/h7,9-15,17,27,31-32H,4-6,8,16,18-24H2,1-3H3,(H,41,43)(H,44,47)(H,45,49)/b13-7-/t27-,31+,32+,39-,40-/m1/s1. The van der Waals surface area contributed by atoms with Gasteiger partial charge in [-0.25, -0.2) is 18.4 Å². The number of benzene rings is 1. The first-order chi connectivity index (χ1) is 25.3. The number of ether oxygens (including phenoxy) is 1. The largest absolute Gasteiger partial charge is 0.483 e. The molecule has 53 heavy (non-hydrogen) atoms. The smallest absolute Gasteiger partial charge is 0.259 e. The van der Waals surface area contributed by atoms with Crippen LogP contribution in [0.25, 0.3) is 10.9 Å². The third kappa shape index (κ3) is 6.55. The summed E-state index contributed by atoms with van der Waals surface area (Å²) in [6.45, 7) is 5.61. The number of sulfonamides is 1. The van der Waals surface area contributed by atoms with Crippen LogP contribution >= 0.6 is 0 Å². The normalized spacial score (nSPS) is 30.1. The van der Waals surface area contributed by atoms with E-state index in [-0.39, 0.29) is 31.2 Å². The molecule has 280 valence electrons. The van der Waals surface area contributed by atoms with E-state index in [4.69, 9.17) is 9.72 Å². The summed E-state index contributed by atoms with van der Waals surface area (Å²) in [6.07, 6.45) is 10.5. The lowest BCUT2D eigenvalue weighted by Gasteiger charge is -2.36. The van der Waals surface area contributed by atoms with E-state index in [9.17, 15) is 22.8 Å². The summed E-state index contributed by atoms with van der Waals surface area (Å²) in [5.41, 5.74) is 1.20. The minimum absolute atomic E-state index is 0.171. The monoisotopic (exact) mass is 740 g/mol. The Hall–Kier alpha value is -4.52. The first-order valence-corrected chi connectivity index (χ1v) is 20.4. The predicted molar refractivity (Wildman–Crippen MR) is 201 cm³/mol. The fourth-order valence-electron chi connectivity index (χ4n) is 8.44. The van der Waals surface area contributed by atoms with Crippen LogP contribution in [-0.4, -0.2) is 75.5 Å². The zero-order valence-electron chi connectivity index (χ0n) is 30.6. The van der Waals surface area contributed by atoms with Crippen molar-refractivity contribution in [1.82, 2.24) is 24.9 Å². The maximum absolute atomic E-state index is 14.8. The van der Waals surface area contributed by atoms with Gasteiger partial charge in [-0.15, -0.1) is 0 Å². The summed E-state index contributed by atoms with van der Waals surface area (Å²) in [4.78, 5) is 54.5. The Balaban J connectivity index is 1.15. The number of carbonyl (C=O) groups is 3. The number of hydrogen-bond donors (Lipinski definition) is 3. The number of carbonyl (C=O) groups excluding carboxylic acids is 3. The number of anilines is 1. The second-order valence-electron chi connectivity index (χ2n) is 16.1. The van der Waals surface area contributed by atoms with Gasteiger partial charge in [0, 0.05) is 29.0 Å². The maximum Gasteiger partial charge on any atom is 0.259 e. The quantitative estimate of drug-likeness (QED) is 0.313. The van der Waals surface area contributed by atoms with E-state index in [0.717, 1.165) is 53.5 Å². The molecule has 5 heterocycles. The second kappa shape index (κ2) is 13.1. The van der Waals surface area contributed by atoms with Gasteiger partial charge in [-0.1, -0.05) is 49.3 Å². The molecule has 0 unspecified atom stereocenters. The lowest BCUT2D eigenvalue weighted by molar-refractivity contribution is -0.140. The average molecular weight is 741 g/mol. The fourth-order valence-corrected chi connectivity index (χ4v) is 9.76. The van der Waals surface area contributed by atoms with Gasteiger partial charge in [0.05, 0.1) is 22.5 Å². The SMILES string of the molecule is Cc1cccc(N[C@H]2CCCCC/C=C\[C@@H]3C[C@@]3(C(=O)NS(=O)(=O)C3(C)CC3)NC(=O)[C@@H]3C[C@]4(CCc5c(c(C)nc6ccccc56)O4)CN3C2=O)n1. The first-order valence-electron chi connectivity index (χ1n) is 19.0. The van der Waals surface area contributed by atoms with E-state index in [0.29, 0.717) is 43.7 Å². The molecule has 3 amide bonds. The summed E-state index contributed by atoms with van der Waals surface area (Å²) < 4.78 is 34.7. The highest BCUT2D eigenvalue weighted by Gasteiger charge is 2.64. The third-order valence-electron chi connectivity index (χ3n) is 12.1. The molecule has 2 saturated carbocycles. The number of para-hydroxylation sites is 1. The van der Waals surface area contributed by atoms with Crippen molar-refractivity contribution in [1.29, 1.82) is 0 Å². The number of fused-ring (bicyclic) bond motifs is 5. The first kappa shape index (κ1) is 35.5. The van der Waals surface area contributed by atoms with E-state index < -0.39 is 49.8 Å². The van der Waals surface area contributed by atoms with Crippen LogP contribution in [0.3, 0.4) is 0 Å². The van der Waals surface area contributed by atoms with Gasteiger partial charge < -0.3 is 20.3 Å². The van der Waals surface area contributed by atoms with Crippen molar-refractivity contribution in [2.45, 2.75) is 119 Å². The number of amides is 3. The molecule has 13 heteroatoms. The minimum atomic E-state index is -3.95. The van der Waals surface area contributed by atoms with Crippen LogP contribution in [0.2, 0.25) is 0 Å². The molecule has 1 saturated heterocycles.